The van der Waals surface area contributed by atoms with E-state index in [1.807, 2.05) is 92.7 Å². The van der Waals surface area contributed by atoms with Gasteiger partial charge in [0.25, 0.3) is 0 Å². The van der Waals surface area contributed by atoms with Gasteiger partial charge in [0, 0.05) is 5.92 Å². The molecule has 0 radical (unpaired) electrons. The molecular formula is C26H30N2O3. The zero-order chi connectivity index (χ0) is 22.1. The van der Waals surface area contributed by atoms with Crippen molar-refractivity contribution < 1.29 is 14.3 Å². The first kappa shape index (κ1) is 22.4. The third kappa shape index (κ3) is 6.86. The second-order valence-electron chi connectivity index (χ2n) is 7.43. The van der Waals surface area contributed by atoms with E-state index in [0.29, 0.717) is 6.61 Å². The average Bonchev–Trinajstić information content (AvgIpc) is 2.78. The van der Waals surface area contributed by atoms with E-state index in [-0.39, 0.29) is 12.0 Å². The first-order valence-electron chi connectivity index (χ1n) is 10.6. The number of hydrogen-bond acceptors (Lipinski definition) is 4. The summed E-state index contributed by atoms with van der Waals surface area (Å²) < 4.78 is 11.4. The van der Waals surface area contributed by atoms with Gasteiger partial charge in [-0.3, -0.25) is 10.3 Å². The molecule has 0 fully saturated rings. The van der Waals surface area contributed by atoms with Gasteiger partial charge in [0.15, 0.2) is 0 Å². The van der Waals surface area contributed by atoms with Gasteiger partial charge in [-0.05, 0) is 67.9 Å². The highest BCUT2D eigenvalue weighted by Gasteiger charge is 2.12. The van der Waals surface area contributed by atoms with Crippen LogP contribution in [0.1, 0.15) is 39.4 Å². The number of hydroxylamine groups is 1. The van der Waals surface area contributed by atoms with Crippen molar-refractivity contribution in [3.8, 4) is 17.2 Å². The summed E-state index contributed by atoms with van der Waals surface area (Å²) in [5.74, 6) is 3.34. The number of rotatable bonds is 9. The predicted molar refractivity (Wildman–Crippen MR) is 125 cm³/mol. The summed E-state index contributed by atoms with van der Waals surface area (Å²) in [5.41, 5.74) is 4.90. The molecule has 5 nitrogen and oxygen atoms in total. The second-order valence-corrected chi connectivity index (χ2v) is 7.43. The molecule has 1 unspecified atom stereocenters. The highest BCUT2D eigenvalue weighted by Crippen LogP contribution is 2.26. The maximum atomic E-state index is 5.93. The molecule has 3 aromatic carbocycles. The van der Waals surface area contributed by atoms with Crippen LogP contribution < -0.4 is 15.0 Å². The molecule has 0 aromatic heterocycles. The molecule has 0 aliphatic carbocycles. The van der Waals surface area contributed by atoms with E-state index in [1.54, 1.807) is 0 Å². The van der Waals surface area contributed by atoms with Crippen LogP contribution in [0.3, 0.4) is 0 Å². The lowest BCUT2D eigenvalue weighted by Gasteiger charge is -2.18. The Balaban J connectivity index is 1.64. The lowest BCUT2D eigenvalue weighted by atomic mass is 10.1. The van der Waals surface area contributed by atoms with Gasteiger partial charge in [-0.1, -0.05) is 44.2 Å². The van der Waals surface area contributed by atoms with Crippen molar-refractivity contribution >= 4 is 11.5 Å². The normalized spacial score (nSPS) is 12.5. The molecule has 0 aliphatic heterocycles. The molecule has 0 aliphatic rings. The second kappa shape index (κ2) is 11.2. The number of nitrogens with one attached hydrogen (secondary N) is 1. The Labute approximate surface area is 184 Å². The fourth-order valence-electron chi connectivity index (χ4n) is 2.86. The van der Waals surface area contributed by atoms with Crippen molar-refractivity contribution in [2.75, 3.05) is 6.61 Å². The lowest BCUT2D eigenvalue weighted by Crippen LogP contribution is -2.29. The fraction of sp³-hybridized carbons (Fsp3) is 0.269. The molecule has 3 aromatic rings. The number of benzene rings is 3. The van der Waals surface area contributed by atoms with E-state index < -0.39 is 0 Å². The number of ether oxygens (including phenoxy) is 2. The highest BCUT2D eigenvalue weighted by molar-refractivity contribution is 5.85. The number of para-hydroxylation sites is 1. The van der Waals surface area contributed by atoms with Crippen molar-refractivity contribution in [1.82, 2.24) is 5.48 Å². The molecule has 162 valence electrons. The minimum absolute atomic E-state index is 0.173. The molecule has 3 rings (SSSR count). The Morgan fingerprint density at radius 2 is 1.55 bits per heavy atom. The van der Waals surface area contributed by atoms with Gasteiger partial charge in [0.1, 0.15) is 29.2 Å². The van der Waals surface area contributed by atoms with Crippen molar-refractivity contribution in [2.45, 2.75) is 33.8 Å². The van der Waals surface area contributed by atoms with E-state index in [1.165, 1.54) is 0 Å². The maximum absolute atomic E-state index is 5.93. The van der Waals surface area contributed by atoms with E-state index in [2.05, 4.69) is 19.3 Å². The van der Waals surface area contributed by atoms with Crippen LogP contribution in [0.5, 0.6) is 17.2 Å². The van der Waals surface area contributed by atoms with E-state index >= 15 is 0 Å². The standard InChI is InChI=1S/C26H30N2O3/c1-5-29-23-16-14-22(15-17-23)27-26(19(2)3)28-31-20(4)21-10-9-13-25(18-21)30-24-11-7-6-8-12-24/h6-20H,5H2,1-4H3,(H,27,28). The zero-order valence-electron chi connectivity index (χ0n) is 18.5. The van der Waals surface area contributed by atoms with Crippen molar-refractivity contribution in [3.63, 3.8) is 0 Å². The molecule has 31 heavy (non-hydrogen) atoms. The van der Waals surface area contributed by atoms with Gasteiger partial charge < -0.3 is 9.47 Å². The van der Waals surface area contributed by atoms with Crippen molar-refractivity contribution in [3.05, 3.63) is 84.4 Å². The lowest BCUT2D eigenvalue weighted by molar-refractivity contribution is 0.0182. The first-order valence-corrected chi connectivity index (χ1v) is 10.6. The monoisotopic (exact) mass is 418 g/mol. The minimum Gasteiger partial charge on any atom is -0.494 e. The van der Waals surface area contributed by atoms with Crippen LogP contribution in [-0.2, 0) is 4.84 Å². The zero-order valence-corrected chi connectivity index (χ0v) is 18.5. The summed E-state index contributed by atoms with van der Waals surface area (Å²) in [7, 11) is 0. The average molecular weight is 419 g/mol. The molecule has 5 heteroatoms. The maximum Gasteiger partial charge on any atom is 0.129 e. The first-order chi connectivity index (χ1) is 15.0. The summed E-state index contributed by atoms with van der Waals surface area (Å²) >= 11 is 0. The van der Waals surface area contributed by atoms with E-state index in [4.69, 9.17) is 19.3 Å². The Morgan fingerprint density at radius 1 is 0.839 bits per heavy atom. The van der Waals surface area contributed by atoms with Crippen LogP contribution in [0.25, 0.3) is 0 Å². The molecule has 0 saturated carbocycles. The summed E-state index contributed by atoms with van der Waals surface area (Å²) in [4.78, 5) is 10.6. The quantitative estimate of drug-likeness (QED) is 0.235. The van der Waals surface area contributed by atoms with Gasteiger partial charge in [0.05, 0.1) is 12.3 Å². The van der Waals surface area contributed by atoms with Crippen LogP contribution in [0, 0.1) is 5.92 Å². The predicted octanol–water partition coefficient (Wildman–Crippen LogP) is 6.85. The van der Waals surface area contributed by atoms with Crippen molar-refractivity contribution in [1.29, 1.82) is 0 Å². The third-order valence-electron chi connectivity index (χ3n) is 4.59. The van der Waals surface area contributed by atoms with Gasteiger partial charge in [0.2, 0.25) is 0 Å². The van der Waals surface area contributed by atoms with Gasteiger partial charge >= 0.3 is 0 Å². The topological polar surface area (TPSA) is 52.1 Å². The molecule has 0 amide bonds. The Bertz CT molecular complexity index is 969. The van der Waals surface area contributed by atoms with Crippen LogP contribution in [-0.4, -0.2) is 12.4 Å². The van der Waals surface area contributed by atoms with Crippen LogP contribution in [0.2, 0.25) is 0 Å². The molecule has 0 bridgehead atoms. The van der Waals surface area contributed by atoms with Gasteiger partial charge in [-0.15, -0.1) is 0 Å². The van der Waals surface area contributed by atoms with Gasteiger partial charge in [-0.2, -0.15) is 0 Å². The summed E-state index contributed by atoms with van der Waals surface area (Å²) in [6.45, 7) is 8.74. The van der Waals surface area contributed by atoms with Gasteiger partial charge in [-0.25, -0.2) is 4.99 Å². The Hall–Kier alpha value is -3.31. The minimum atomic E-state index is -0.191. The summed E-state index contributed by atoms with van der Waals surface area (Å²) in [5, 5.41) is 0. The Kier molecular flexibility index (Phi) is 8.07. The van der Waals surface area contributed by atoms with Crippen LogP contribution in [0.15, 0.2) is 83.9 Å². The molecule has 0 saturated heterocycles. The number of amidine groups is 1. The third-order valence-corrected chi connectivity index (χ3v) is 4.59. The van der Waals surface area contributed by atoms with Crippen LogP contribution >= 0.6 is 0 Å². The molecule has 0 heterocycles. The SMILES string of the molecule is CCOc1ccc(N=C(NOC(C)c2cccc(Oc3ccccc3)c2)C(C)C)cc1. The van der Waals surface area contributed by atoms with E-state index in [0.717, 1.165) is 34.3 Å². The highest BCUT2D eigenvalue weighted by atomic mass is 16.7. The molecule has 0 spiro atoms. The summed E-state index contributed by atoms with van der Waals surface area (Å²) in [6.07, 6.45) is -0.191. The van der Waals surface area contributed by atoms with Crippen molar-refractivity contribution in [2.24, 2.45) is 10.9 Å². The number of aliphatic imine (C=N–C) groups is 1. The van der Waals surface area contributed by atoms with Crippen LogP contribution in [0.4, 0.5) is 5.69 Å². The number of nitrogens with zero attached hydrogens (tertiary/aromatic N) is 1. The molecule has 1 atom stereocenters. The number of hydrogen-bond donors (Lipinski definition) is 1. The molecule has 1 N–H and O–H groups in total. The smallest absolute Gasteiger partial charge is 0.129 e. The van der Waals surface area contributed by atoms with E-state index in [9.17, 15) is 0 Å². The molecular weight excluding hydrogens is 388 g/mol. The largest absolute Gasteiger partial charge is 0.494 e. The Morgan fingerprint density at radius 3 is 2.23 bits per heavy atom. The summed E-state index contributed by atoms with van der Waals surface area (Å²) in [6, 6.07) is 25.3. The fourth-order valence-corrected chi connectivity index (χ4v) is 2.86.